The molecule has 0 bridgehead atoms. The molecule has 0 aliphatic rings. The number of nitrogens with zero attached hydrogens (tertiary/aromatic N) is 2. The van der Waals surface area contributed by atoms with Crippen molar-refractivity contribution in [3.05, 3.63) is 18.0 Å². The highest BCUT2D eigenvalue weighted by Gasteiger charge is 2.10. The Morgan fingerprint density at radius 2 is 2.00 bits per heavy atom. The van der Waals surface area contributed by atoms with Crippen LogP contribution in [0.3, 0.4) is 0 Å². The van der Waals surface area contributed by atoms with Crippen LogP contribution in [0.25, 0.3) is 0 Å². The molecule has 0 fully saturated rings. The van der Waals surface area contributed by atoms with Crippen molar-refractivity contribution in [3.63, 3.8) is 0 Å². The maximum atomic E-state index is 10.9. The summed E-state index contributed by atoms with van der Waals surface area (Å²) in [5, 5.41) is 0.594. The van der Waals surface area contributed by atoms with Crippen LogP contribution < -0.4 is 0 Å². The Bertz CT molecular complexity index is 297. The van der Waals surface area contributed by atoms with E-state index in [-0.39, 0.29) is 11.0 Å². The Labute approximate surface area is 82.0 Å². The first-order valence-corrected chi connectivity index (χ1v) is 4.93. The molecule has 3 nitrogen and oxygen atoms in total. The molecule has 1 atom stereocenters. The average molecular weight is 196 g/mol. The van der Waals surface area contributed by atoms with Crippen molar-refractivity contribution >= 4 is 17.5 Å². The van der Waals surface area contributed by atoms with E-state index < -0.39 is 0 Å². The fourth-order valence-corrected chi connectivity index (χ4v) is 1.39. The van der Waals surface area contributed by atoms with Gasteiger partial charge in [-0.15, -0.1) is 0 Å². The van der Waals surface area contributed by atoms with Gasteiger partial charge in [-0.3, -0.25) is 4.79 Å². The maximum Gasteiger partial charge on any atom is 0.188 e. The number of Topliss-reactive ketones (excluding diaryl/α,β-unsaturated/α-hetero) is 1. The Morgan fingerprint density at radius 3 is 2.46 bits per heavy atom. The van der Waals surface area contributed by atoms with Gasteiger partial charge in [0.15, 0.2) is 5.16 Å². The van der Waals surface area contributed by atoms with Crippen molar-refractivity contribution in [2.45, 2.75) is 31.2 Å². The predicted molar refractivity (Wildman–Crippen MR) is 52.8 cm³/mol. The molecule has 1 unspecified atom stereocenters. The first-order valence-electron chi connectivity index (χ1n) is 4.05. The van der Waals surface area contributed by atoms with Crippen LogP contribution in [0.2, 0.25) is 0 Å². The number of rotatable bonds is 3. The van der Waals surface area contributed by atoms with E-state index >= 15 is 0 Å². The Kier molecular flexibility index (Phi) is 3.42. The third-order valence-electron chi connectivity index (χ3n) is 1.61. The topological polar surface area (TPSA) is 42.9 Å². The van der Waals surface area contributed by atoms with E-state index in [0.717, 1.165) is 5.56 Å². The lowest BCUT2D eigenvalue weighted by molar-refractivity contribution is -0.116. The van der Waals surface area contributed by atoms with Crippen molar-refractivity contribution in [1.82, 2.24) is 9.97 Å². The molecule has 0 aliphatic heterocycles. The van der Waals surface area contributed by atoms with Crippen LogP contribution >= 0.6 is 11.8 Å². The minimum atomic E-state index is -0.0669. The zero-order valence-electron chi connectivity index (χ0n) is 7.94. The molecule has 0 amide bonds. The Balaban J connectivity index is 2.64. The van der Waals surface area contributed by atoms with Gasteiger partial charge < -0.3 is 0 Å². The second-order valence-electron chi connectivity index (χ2n) is 2.91. The standard InChI is InChI=1S/C9H12N2OS/c1-6-4-10-9(11-5-6)13-8(3)7(2)12/h4-5,8H,1-3H3. The van der Waals surface area contributed by atoms with Crippen LogP contribution in [0, 0.1) is 6.92 Å². The highest BCUT2D eigenvalue weighted by Crippen LogP contribution is 2.18. The second kappa shape index (κ2) is 4.37. The quantitative estimate of drug-likeness (QED) is 0.546. The molecule has 1 heterocycles. The summed E-state index contributed by atoms with van der Waals surface area (Å²) < 4.78 is 0. The second-order valence-corrected chi connectivity index (χ2v) is 4.22. The third kappa shape index (κ3) is 3.14. The minimum Gasteiger partial charge on any atom is -0.299 e. The normalized spacial score (nSPS) is 12.5. The lowest BCUT2D eigenvalue weighted by Crippen LogP contribution is -2.08. The SMILES string of the molecule is CC(=O)C(C)Sc1ncc(C)cn1. The van der Waals surface area contributed by atoms with Crippen molar-refractivity contribution in [1.29, 1.82) is 0 Å². The summed E-state index contributed by atoms with van der Waals surface area (Å²) in [5.41, 5.74) is 1.03. The van der Waals surface area contributed by atoms with Gasteiger partial charge in [-0.2, -0.15) is 0 Å². The zero-order valence-corrected chi connectivity index (χ0v) is 8.76. The van der Waals surface area contributed by atoms with E-state index in [2.05, 4.69) is 9.97 Å². The number of carbonyl (C=O) groups is 1. The van der Waals surface area contributed by atoms with E-state index in [4.69, 9.17) is 0 Å². The van der Waals surface area contributed by atoms with Crippen molar-refractivity contribution in [2.24, 2.45) is 0 Å². The summed E-state index contributed by atoms with van der Waals surface area (Å²) >= 11 is 1.39. The molecule has 0 spiro atoms. The molecule has 4 heteroatoms. The summed E-state index contributed by atoms with van der Waals surface area (Å²) in [7, 11) is 0. The predicted octanol–water partition coefficient (Wildman–Crippen LogP) is 1.85. The first-order chi connectivity index (χ1) is 6.09. The Morgan fingerprint density at radius 1 is 1.46 bits per heavy atom. The van der Waals surface area contributed by atoms with Gasteiger partial charge in [0, 0.05) is 12.4 Å². The molecule has 0 saturated carbocycles. The van der Waals surface area contributed by atoms with Crippen LogP contribution in [-0.2, 0) is 4.79 Å². The molecule has 70 valence electrons. The molecule has 0 aromatic carbocycles. The van der Waals surface area contributed by atoms with Gasteiger partial charge in [0.1, 0.15) is 5.78 Å². The number of carbonyl (C=O) groups excluding carboxylic acids is 1. The summed E-state index contributed by atoms with van der Waals surface area (Å²) in [5.74, 6) is 0.147. The Hall–Kier alpha value is -0.900. The van der Waals surface area contributed by atoms with E-state index in [9.17, 15) is 4.79 Å². The van der Waals surface area contributed by atoms with Gasteiger partial charge in [-0.1, -0.05) is 11.8 Å². The van der Waals surface area contributed by atoms with Gasteiger partial charge in [0.25, 0.3) is 0 Å². The highest BCUT2D eigenvalue weighted by molar-refractivity contribution is 8.00. The number of hydrogen-bond acceptors (Lipinski definition) is 4. The highest BCUT2D eigenvalue weighted by atomic mass is 32.2. The molecule has 0 saturated heterocycles. The van der Waals surface area contributed by atoms with Crippen LogP contribution in [-0.4, -0.2) is 21.0 Å². The summed E-state index contributed by atoms with van der Waals surface area (Å²) in [4.78, 5) is 19.1. The van der Waals surface area contributed by atoms with E-state index in [1.807, 2.05) is 13.8 Å². The lowest BCUT2D eigenvalue weighted by atomic mass is 10.3. The molecule has 0 radical (unpaired) electrons. The zero-order chi connectivity index (χ0) is 9.84. The number of thioether (sulfide) groups is 1. The van der Waals surface area contributed by atoms with E-state index in [0.29, 0.717) is 5.16 Å². The van der Waals surface area contributed by atoms with E-state index in [1.165, 1.54) is 11.8 Å². The molecule has 0 N–H and O–H groups in total. The number of aromatic nitrogens is 2. The van der Waals surface area contributed by atoms with Crippen molar-refractivity contribution in [3.8, 4) is 0 Å². The third-order valence-corrected chi connectivity index (χ3v) is 2.72. The molecular formula is C9H12N2OS. The molecule has 1 aromatic rings. The monoisotopic (exact) mass is 196 g/mol. The van der Waals surface area contributed by atoms with Crippen molar-refractivity contribution < 1.29 is 4.79 Å². The fourth-order valence-electron chi connectivity index (χ4n) is 0.683. The lowest BCUT2D eigenvalue weighted by Gasteiger charge is -2.04. The van der Waals surface area contributed by atoms with Gasteiger partial charge in [-0.05, 0) is 26.3 Å². The largest absolute Gasteiger partial charge is 0.299 e. The van der Waals surface area contributed by atoms with Gasteiger partial charge in [0.2, 0.25) is 0 Å². The first kappa shape index (κ1) is 10.2. The number of ketones is 1. The van der Waals surface area contributed by atoms with Crippen LogP contribution in [0.15, 0.2) is 17.6 Å². The smallest absolute Gasteiger partial charge is 0.188 e. The maximum absolute atomic E-state index is 10.9. The summed E-state index contributed by atoms with van der Waals surface area (Å²) in [6.07, 6.45) is 3.50. The van der Waals surface area contributed by atoms with Crippen LogP contribution in [0.4, 0.5) is 0 Å². The summed E-state index contributed by atoms with van der Waals surface area (Å²) in [6, 6.07) is 0. The fraction of sp³-hybridized carbons (Fsp3) is 0.444. The number of hydrogen-bond donors (Lipinski definition) is 0. The van der Waals surface area contributed by atoms with Crippen molar-refractivity contribution in [2.75, 3.05) is 0 Å². The summed E-state index contributed by atoms with van der Waals surface area (Å²) in [6.45, 7) is 5.37. The molecule has 1 rings (SSSR count). The minimum absolute atomic E-state index is 0.0669. The number of aryl methyl sites for hydroxylation is 1. The van der Waals surface area contributed by atoms with E-state index in [1.54, 1.807) is 19.3 Å². The molecule has 1 aromatic heterocycles. The molecule has 13 heavy (non-hydrogen) atoms. The van der Waals surface area contributed by atoms with Crippen LogP contribution in [0.1, 0.15) is 19.4 Å². The average Bonchev–Trinajstić information content (AvgIpc) is 2.08. The molecular weight excluding hydrogens is 184 g/mol. The molecule has 0 aliphatic carbocycles. The van der Waals surface area contributed by atoms with Gasteiger partial charge >= 0.3 is 0 Å². The van der Waals surface area contributed by atoms with Gasteiger partial charge in [0.05, 0.1) is 5.25 Å². The van der Waals surface area contributed by atoms with Gasteiger partial charge in [-0.25, -0.2) is 9.97 Å². The van der Waals surface area contributed by atoms with Crippen LogP contribution in [0.5, 0.6) is 0 Å².